The Balaban J connectivity index is 2.24. The Morgan fingerprint density at radius 2 is 2.20 bits per heavy atom. The van der Waals surface area contributed by atoms with Crippen LogP contribution < -0.4 is 10.6 Å². The number of hydrogen-bond acceptors (Lipinski definition) is 2. The minimum absolute atomic E-state index is 0.0942. The molecule has 1 unspecified atom stereocenters. The van der Waals surface area contributed by atoms with Crippen LogP contribution in [0.4, 0.5) is 0 Å². The van der Waals surface area contributed by atoms with Crippen molar-refractivity contribution in [1.82, 2.24) is 10.6 Å². The standard InChI is InChI=1S/C11H20N2O2/c1-3-8(4-2)11(15)12-7-9-5-6-10(14)13-9/h8-9H,3-7H2,1-2H3,(H,12,15)(H,13,14). The average molecular weight is 212 g/mol. The normalized spacial score (nSPS) is 20.5. The highest BCUT2D eigenvalue weighted by Crippen LogP contribution is 2.08. The van der Waals surface area contributed by atoms with E-state index < -0.39 is 0 Å². The highest BCUT2D eigenvalue weighted by atomic mass is 16.2. The molecule has 0 aliphatic carbocycles. The zero-order valence-corrected chi connectivity index (χ0v) is 9.51. The third-order valence-corrected chi connectivity index (χ3v) is 2.96. The van der Waals surface area contributed by atoms with E-state index in [4.69, 9.17) is 0 Å². The smallest absolute Gasteiger partial charge is 0.223 e. The Bertz CT molecular complexity index is 237. The Labute approximate surface area is 90.8 Å². The van der Waals surface area contributed by atoms with Crippen molar-refractivity contribution in [3.63, 3.8) is 0 Å². The predicted octanol–water partition coefficient (Wildman–Crippen LogP) is 0.817. The fourth-order valence-corrected chi connectivity index (χ4v) is 1.86. The third-order valence-electron chi connectivity index (χ3n) is 2.96. The molecule has 0 saturated carbocycles. The van der Waals surface area contributed by atoms with E-state index in [-0.39, 0.29) is 23.8 Å². The molecule has 0 aromatic carbocycles. The second-order valence-corrected chi connectivity index (χ2v) is 4.06. The molecule has 1 heterocycles. The summed E-state index contributed by atoms with van der Waals surface area (Å²) in [4.78, 5) is 22.5. The maximum Gasteiger partial charge on any atom is 0.223 e. The molecule has 4 heteroatoms. The molecule has 1 atom stereocenters. The van der Waals surface area contributed by atoms with Crippen molar-refractivity contribution in [2.45, 2.75) is 45.6 Å². The van der Waals surface area contributed by atoms with Gasteiger partial charge < -0.3 is 10.6 Å². The van der Waals surface area contributed by atoms with E-state index in [0.29, 0.717) is 13.0 Å². The Kier molecular flexibility index (Phi) is 4.59. The molecule has 0 aromatic rings. The number of carbonyl (C=O) groups is 2. The summed E-state index contributed by atoms with van der Waals surface area (Å²) in [5.74, 6) is 0.319. The van der Waals surface area contributed by atoms with Gasteiger partial charge in [0.15, 0.2) is 0 Å². The van der Waals surface area contributed by atoms with Crippen molar-refractivity contribution < 1.29 is 9.59 Å². The first-order valence-electron chi connectivity index (χ1n) is 5.74. The minimum Gasteiger partial charge on any atom is -0.354 e. The van der Waals surface area contributed by atoms with Gasteiger partial charge in [-0.3, -0.25) is 9.59 Å². The molecule has 1 aliphatic heterocycles. The maximum atomic E-state index is 11.6. The van der Waals surface area contributed by atoms with Crippen molar-refractivity contribution in [3.8, 4) is 0 Å². The summed E-state index contributed by atoms with van der Waals surface area (Å²) in [7, 11) is 0. The third kappa shape index (κ3) is 3.53. The van der Waals surface area contributed by atoms with Crippen LogP contribution in [-0.4, -0.2) is 24.4 Å². The van der Waals surface area contributed by atoms with Crippen molar-refractivity contribution >= 4 is 11.8 Å². The highest BCUT2D eigenvalue weighted by molar-refractivity contribution is 5.80. The van der Waals surface area contributed by atoms with Crippen LogP contribution in [0.5, 0.6) is 0 Å². The largest absolute Gasteiger partial charge is 0.354 e. The fraction of sp³-hybridized carbons (Fsp3) is 0.818. The quantitative estimate of drug-likeness (QED) is 0.708. The van der Waals surface area contributed by atoms with E-state index in [2.05, 4.69) is 10.6 Å². The van der Waals surface area contributed by atoms with Crippen LogP contribution in [-0.2, 0) is 9.59 Å². The van der Waals surface area contributed by atoms with Gasteiger partial charge in [0.1, 0.15) is 0 Å². The van der Waals surface area contributed by atoms with Gasteiger partial charge in [0.2, 0.25) is 11.8 Å². The van der Waals surface area contributed by atoms with Crippen molar-refractivity contribution in [3.05, 3.63) is 0 Å². The monoisotopic (exact) mass is 212 g/mol. The zero-order chi connectivity index (χ0) is 11.3. The van der Waals surface area contributed by atoms with E-state index in [1.807, 2.05) is 13.8 Å². The lowest BCUT2D eigenvalue weighted by Gasteiger charge is -2.15. The molecular weight excluding hydrogens is 192 g/mol. The van der Waals surface area contributed by atoms with Crippen molar-refractivity contribution in [2.75, 3.05) is 6.54 Å². The number of amides is 2. The van der Waals surface area contributed by atoms with Gasteiger partial charge in [0.25, 0.3) is 0 Å². The van der Waals surface area contributed by atoms with E-state index in [1.165, 1.54) is 0 Å². The van der Waals surface area contributed by atoms with Crippen LogP contribution in [0.1, 0.15) is 39.5 Å². The van der Waals surface area contributed by atoms with Crippen LogP contribution in [0.25, 0.3) is 0 Å². The van der Waals surface area contributed by atoms with Gasteiger partial charge in [-0.15, -0.1) is 0 Å². The van der Waals surface area contributed by atoms with Crippen LogP contribution in [0.3, 0.4) is 0 Å². The number of rotatable bonds is 5. The zero-order valence-electron chi connectivity index (χ0n) is 9.51. The van der Waals surface area contributed by atoms with E-state index in [0.717, 1.165) is 19.3 Å². The summed E-state index contributed by atoms with van der Waals surface area (Å²) in [6, 6.07) is 0.135. The van der Waals surface area contributed by atoms with Crippen LogP contribution in [0.15, 0.2) is 0 Å². The highest BCUT2D eigenvalue weighted by Gasteiger charge is 2.22. The number of carbonyl (C=O) groups excluding carboxylic acids is 2. The summed E-state index contributed by atoms with van der Waals surface area (Å²) in [6.07, 6.45) is 3.17. The predicted molar refractivity (Wildman–Crippen MR) is 58.2 cm³/mol. The molecular formula is C11H20N2O2. The topological polar surface area (TPSA) is 58.2 Å². The van der Waals surface area contributed by atoms with Crippen molar-refractivity contribution in [1.29, 1.82) is 0 Å². The Morgan fingerprint density at radius 3 is 2.67 bits per heavy atom. The average Bonchev–Trinajstić information content (AvgIpc) is 2.63. The first-order chi connectivity index (χ1) is 7.17. The minimum atomic E-state index is 0.0942. The van der Waals surface area contributed by atoms with Crippen LogP contribution >= 0.6 is 0 Å². The lowest BCUT2D eigenvalue weighted by Crippen LogP contribution is -2.40. The molecule has 0 spiro atoms. The first kappa shape index (κ1) is 12.0. The van der Waals surface area contributed by atoms with E-state index in [1.54, 1.807) is 0 Å². The SMILES string of the molecule is CCC(CC)C(=O)NCC1CCC(=O)N1. The molecule has 4 nitrogen and oxygen atoms in total. The summed E-state index contributed by atoms with van der Waals surface area (Å²) >= 11 is 0. The van der Waals surface area contributed by atoms with Crippen LogP contribution in [0, 0.1) is 5.92 Å². The molecule has 15 heavy (non-hydrogen) atoms. The van der Waals surface area contributed by atoms with Gasteiger partial charge in [-0.25, -0.2) is 0 Å². The molecule has 0 bridgehead atoms. The lowest BCUT2D eigenvalue weighted by molar-refractivity contribution is -0.125. The second kappa shape index (κ2) is 5.73. The summed E-state index contributed by atoms with van der Waals surface area (Å²) in [5, 5.41) is 5.72. The van der Waals surface area contributed by atoms with Crippen molar-refractivity contribution in [2.24, 2.45) is 5.92 Å². The molecule has 1 rings (SSSR count). The fourth-order valence-electron chi connectivity index (χ4n) is 1.86. The number of hydrogen-bond donors (Lipinski definition) is 2. The van der Waals surface area contributed by atoms with Gasteiger partial charge in [-0.2, -0.15) is 0 Å². The van der Waals surface area contributed by atoms with Gasteiger partial charge in [0, 0.05) is 24.9 Å². The van der Waals surface area contributed by atoms with Gasteiger partial charge in [-0.05, 0) is 19.3 Å². The molecule has 1 fully saturated rings. The van der Waals surface area contributed by atoms with Gasteiger partial charge in [-0.1, -0.05) is 13.8 Å². The molecule has 86 valence electrons. The molecule has 2 amide bonds. The molecule has 0 radical (unpaired) electrons. The molecule has 2 N–H and O–H groups in total. The molecule has 1 aliphatic rings. The summed E-state index contributed by atoms with van der Waals surface area (Å²) in [6.45, 7) is 4.61. The Hall–Kier alpha value is -1.06. The van der Waals surface area contributed by atoms with Gasteiger partial charge in [0.05, 0.1) is 0 Å². The Morgan fingerprint density at radius 1 is 1.53 bits per heavy atom. The maximum absolute atomic E-state index is 11.6. The van der Waals surface area contributed by atoms with E-state index >= 15 is 0 Å². The first-order valence-corrected chi connectivity index (χ1v) is 5.74. The lowest BCUT2D eigenvalue weighted by atomic mass is 10.0. The summed E-state index contributed by atoms with van der Waals surface area (Å²) < 4.78 is 0. The number of nitrogens with one attached hydrogen (secondary N) is 2. The molecule has 0 aromatic heterocycles. The van der Waals surface area contributed by atoms with E-state index in [9.17, 15) is 9.59 Å². The second-order valence-electron chi connectivity index (χ2n) is 4.06. The summed E-state index contributed by atoms with van der Waals surface area (Å²) in [5.41, 5.74) is 0. The molecule has 1 saturated heterocycles. The van der Waals surface area contributed by atoms with Crippen LogP contribution in [0.2, 0.25) is 0 Å². The van der Waals surface area contributed by atoms with Gasteiger partial charge >= 0.3 is 0 Å².